The zero-order chi connectivity index (χ0) is 20.1. The maximum atomic E-state index is 6.36. The van der Waals surface area contributed by atoms with Gasteiger partial charge in [0.25, 0.3) is 0 Å². The Labute approximate surface area is 179 Å². The van der Waals surface area contributed by atoms with Crippen LogP contribution in [0.25, 0.3) is 11.1 Å². The van der Waals surface area contributed by atoms with Crippen molar-refractivity contribution in [2.45, 2.75) is 33.2 Å². The fourth-order valence-corrected chi connectivity index (χ4v) is 5.61. The van der Waals surface area contributed by atoms with Gasteiger partial charge >= 0.3 is 0 Å². The molecule has 2 aromatic rings. The number of quaternary nitrogens is 1. The third-order valence-electron chi connectivity index (χ3n) is 7.00. The molecule has 0 unspecified atom stereocenters. The summed E-state index contributed by atoms with van der Waals surface area (Å²) in [6.45, 7) is 7.08. The van der Waals surface area contributed by atoms with Gasteiger partial charge in [0.2, 0.25) is 0 Å². The molecule has 0 aliphatic heterocycles. The summed E-state index contributed by atoms with van der Waals surface area (Å²) in [5, 5.41) is 1.45. The third-order valence-corrected chi connectivity index (χ3v) is 7.56. The summed E-state index contributed by atoms with van der Waals surface area (Å²) in [4.78, 5) is 0. The molecular formula is C25H30Cl2N+. The first-order valence-electron chi connectivity index (χ1n) is 10.2. The molecule has 148 valence electrons. The first-order chi connectivity index (χ1) is 13.2. The van der Waals surface area contributed by atoms with E-state index in [1.54, 1.807) is 5.57 Å². The van der Waals surface area contributed by atoms with Gasteiger partial charge in [-0.05, 0) is 59.4 Å². The Hall–Kier alpha value is -1.28. The Kier molecular flexibility index (Phi) is 5.15. The zero-order valence-corrected chi connectivity index (χ0v) is 18.8. The van der Waals surface area contributed by atoms with E-state index in [0.717, 1.165) is 45.6 Å². The number of allylic oxidation sites excluding steroid dienone is 1. The molecule has 1 nitrogen and oxygen atoms in total. The minimum absolute atomic E-state index is 0.502. The molecule has 0 heterocycles. The molecule has 0 radical (unpaired) electrons. The van der Waals surface area contributed by atoms with Gasteiger partial charge in [-0.15, -0.1) is 0 Å². The highest BCUT2D eigenvalue weighted by molar-refractivity contribution is 6.35. The largest absolute Gasteiger partial charge is 0.321 e. The van der Waals surface area contributed by atoms with E-state index in [9.17, 15) is 0 Å². The molecule has 2 atom stereocenters. The lowest BCUT2D eigenvalue weighted by Crippen LogP contribution is -2.52. The van der Waals surface area contributed by atoms with Crippen molar-refractivity contribution in [1.82, 2.24) is 0 Å². The van der Waals surface area contributed by atoms with Crippen molar-refractivity contribution in [3.8, 4) is 11.1 Å². The van der Waals surface area contributed by atoms with Crippen LogP contribution >= 0.6 is 23.2 Å². The van der Waals surface area contributed by atoms with Gasteiger partial charge in [0.05, 0.1) is 14.1 Å². The van der Waals surface area contributed by atoms with Crippen molar-refractivity contribution in [1.29, 1.82) is 0 Å². The minimum atomic E-state index is 0.502. The van der Waals surface area contributed by atoms with Crippen LogP contribution in [-0.2, 0) is 6.54 Å². The highest BCUT2D eigenvalue weighted by atomic mass is 35.5. The molecule has 5 rings (SSSR count). The summed E-state index contributed by atoms with van der Waals surface area (Å²) in [5.74, 6) is 1.69. The van der Waals surface area contributed by atoms with Crippen LogP contribution in [0.5, 0.6) is 0 Å². The molecule has 0 N–H and O–H groups in total. The summed E-state index contributed by atoms with van der Waals surface area (Å²) in [5.41, 5.74) is 5.64. The highest BCUT2D eigenvalue weighted by Gasteiger charge is 2.52. The second kappa shape index (κ2) is 7.20. The third kappa shape index (κ3) is 3.77. The van der Waals surface area contributed by atoms with E-state index in [1.165, 1.54) is 18.4 Å². The Morgan fingerprint density at radius 1 is 1.00 bits per heavy atom. The van der Waals surface area contributed by atoms with Crippen molar-refractivity contribution in [3.63, 3.8) is 0 Å². The monoisotopic (exact) mass is 414 g/mol. The first kappa shape index (κ1) is 20.0. The Bertz CT molecular complexity index is 909. The molecule has 1 saturated carbocycles. The van der Waals surface area contributed by atoms with Crippen molar-refractivity contribution in [2.24, 2.45) is 17.3 Å². The van der Waals surface area contributed by atoms with E-state index >= 15 is 0 Å². The number of hydrogen-bond acceptors (Lipinski definition) is 0. The summed E-state index contributed by atoms with van der Waals surface area (Å²) >= 11 is 12.5. The van der Waals surface area contributed by atoms with Crippen LogP contribution in [0.2, 0.25) is 10.0 Å². The summed E-state index contributed by atoms with van der Waals surface area (Å²) in [6, 6.07) is 14.4. The number of hydrogen-bond donors (Lipinski definition) is 0. The van der Waals surface area contributed by atoms with Crippen LogP contribution in [-0.4, -0.2) is 25.1 Å². The van der Waals surface area contributed by atoms with Gasteiger partial charge in [-0.3, -0.25) is 0 Å². The predicted octanol–water partition coefficient (Wildman–Crippen LogP) is 7.23. The van der Waals surface area contributed by atoms with Gasteiger partial charge in [0, 0.05) is 21.2 Å². The zero-order valence-electron chi connectivity index (χ0n) is 17.3. The van der Waals surface area contributed by atoms with E-state index in [4.69, 9.17) is 23.2 Å². The SMILES string of the molecule is CC1(C)[C@H]2CC=C(C[N+](C)(C)Cc3ccc(-c4cc(Cl)ccc4Cl)cc3)[C@@H]1C2. The molecule has 0 saturated heterocycles. The Morgan fingerprint density at radius 3 is 2.36 bits per heavy atom. The highest BCUT2D eigenvalue weighted by Crippen LogP contribution is 2.59. The number of likely N-dealkylation sites (N-methyl/N-ethyl adjacent to an activating group) is 1. The molecule has 1 fully saturated rings. The van der Waals surface area contributed by atoms with Gasteiger partial charge in [-0.2, -0.15) is 0 Å². The van der Waals surface area contributed by atoms with Crippen molar-refractivity contribution in [3.05, 3.63) is 69.7 Å². The van der Waals surface area contributed by atoms with Crippen LogP contribution in [0.4, 0.5) is 0 Å². The van der Waals surface area contributed by atoms with Crippen LogP contribution in [0.15, 0.2) is 54.1 Å². The average Bonchev–Trinajstić information content (AvgIpc) is 2.63. The second-order valence-corrected chi connectivity index (χ2v) is 10.7. The van der Waals surface area contributed by atoms with Gasteiger partial charge in [0.15, 0.2) is 0 Å². The van der Waals surface area contributed by atoms with Crippen molar-refractivity contribution >= 4 is 23.2 Å². The summed E-state index contributed by atoms with van der Waals surface area (Å²) in [7, 11) is 4.70. The maximum Gasteiger partial charge on any atom is 0.104 e. The van der Waals surface area contributed by atoms with Gasteiger partial charge < -0.3 is 4.48 Å². The lowest BCUT2D eigenvalue weighted by atomic mass is 9.49. The molecule has 3 aliphatic carbocycles. The standard InChI is InChI=1S/C25H30Cl2N/c1-25(2)20-10-9-19(23(25)13-20)16-28(3,4)15-17-5-7-18(8-6-17)22-14-21(26)11-12-24(22)27/h5-9,11-12,14,20,23H,10,13,15-16H2,1-4H3/q+1/t20-,23-/m0/s1. The lowest BCUT2D eigenvalue weighted by Gasteiger charge is -2.57. The molecule has 3 aliphatic rings. The second-order valence-electron chi connectivity index (χ2n) is 9.89. The van der Waals surface area contributed by atoms with Gasteiger partial charge in [-0.1, -0.05) is 67.4 Å². The molecule has 3 heteroatoms. The minimum Gasteiger partial charge on any atom is -0.321 e. The average molecular weight is 415 g/mol. The molecule has 0 amide bonds. The van der Waals surface area contributed by atoms with E-state index < -0.39 is 0 Å². The first-order valence-corrected chi connectivity index (χ1v) is 11.0. The van der Waals surface area contributed by atoms with Crippen molar-refractivity contribution < 1.29 is 4.48 Å². The molecule has 0 spiro atoms. The maximum absolute atomic E-state index is 6.36. The molecule has 28 heavy (non-hydrogen) atoms. The Morgan fingerprint density at radius 2 is 1.71 bits per heavy atom. The molecular weight excluding hydrogens is 385 g/mol. The number of halogens is 2. The molecule has 0 aromatic heterocycles. The number of fused-ring (bicyclic) bond motifs is 1. The van der Waals surface area contributed by atoms with Crippen molar-refractivity contribution in [2.75, 3.05) is 20.6 Å². The quantitative estimate of drug-likeness (QED) is 0.357. The van der Waals surface area contributed by atoms with Gasteiger partial charge in [-0.25, -0.2) is 0 Å². The van der Waals surface area contributed by atoms with Crippen LogP contribution < -0.4 is 0 Å². The normalized spacial score (nSPS) is 23.1. The van der Waals surface area contributed by atoms with Crippen LogP contribution in [0.3, 0.4) is 0 Å². The topological polar surface area (TPSA) is 0 Å². The summed E-state index contributed by atoms with van der Waals surface area (Å²) in [6.07, 6.45) is 5.20. The lowest BCUT2D eigenvalue weighted by molar-refractivity contribution is -0.899. The van der Waals surface area contributed by atoms with Crippen LogP contribution in [0, 0.1) is 17.3 Å². The number of rotatable bonds is 5. The smallest absolute Gasteiger partial charge is 0.104 e. The Balaban J connectivity index is 1.46. The van der Waals surface area contributed by atoms with Crippen LogP contribution in [0.1, 0.15) is 32.3 Å². The predicted molar refractivity (Wildman–Crippen MR) is 121 cm³/mol. The van der Waals surface area contributed by atoms with E-state index in [0.29, 0.717) is 10.4 Å². The van der Waals surface area contributed by atoms with E-state index in [-0.39, 0.29) is 0 Å². The fourth-order valence-electron chi connectivity index (χ4n) is 5.21. The van der Waals surface area contributed by atoms with Gasteiger partial charge in [0.1, 0.15) is 13.1 Å². The summed E-state index contributed by atoms with van der Waals surface area (Å²) < 4.78 is 0.986. The number of benzene rings is 2. The molecule has 2 aromatic carbocycles. The number of nitrogens with zero attached hydrogens (tertiary/aromatic N) is 1. The fraction of sp³-hybridized carbons (Fsp3) is 0.440. The van der Waals surface area contributed by atoms with E-state index in [2.05, 4.69) is 58.3 Å². The van der Waals surface area contributed by atoms with E-state index in [1.807, 2.05) is 18.2 Å². The molecule has 2 bridgehead atoms.